The zero-order valence-electron chi connectivity index (χ0n) is 8.10. The van der Waals surface area contributed by atoms with E-state index in [4.69, 9.17) is 15.4 Å². The molecule has 0 aromatic heterocycles. The van der Waals surface area contributed by atoms with E-state index in [-0.39, 0.29) is 0 Å². The number of aliphatic hydroxyl groups excluding tert-OH is 1. The molecule has 1 unspecified atom stereocenters. The molecular weight excluding hydrogens is 194 g/mol. The van der Waals surface area contributed by atoms with E-state index in [0.717, 1.165) is 12.8 Å². The van der Waals surface area contributed by atoms with Gasteiger partial charge in [-0.05, 0) is 12.8 Å². The summed E-state index contributed by atoms with van der Waals surface area (Å²) in [7, 11) is -3.67. The zero-order chi connectivity index (χ0) is 10.9. The highest BCUT2D eigenvalue weighted by atomic mass is 32.2. The Labute approximate surface area is 79.7 Å². The third-order valence-electron chi connectivity index (χ3n) is 1.10. The van der Waals surface area contributed by atoms with Crippen LogP contribution in [0.2, 0.25) is 0 Å². The molecular formula is C7H19NO4S. The van der Waals surface area contributed by atoms with Gasteiger partial charge in [-0.25, -0.2) is 0 Å². The van der Waals surface area contributed by atoms with Gasteiger partial charge >= 0.3 is 0 Å². The van der Waals surface area contributed by atoms with Crippen molar-refractivity contribution in [2.24, 2.45) is 5.73 Å². The molecule has 6 heteroatoms. The third-order valence-corrected chi connectivity index (χ3v) is 1.10. The largest absolute Gasteiger partial charge is 0.379 e. The van der Waals surface area contributed by atoms with Gasteiger partial charge in [0, 0.05) is 0 Å². The van der Waals surface area contributed by atoms with Gasteiger partial charge < -0.3 is 10.8 Å². The first-order chi connectivity index (χ1) is 5.77. The number of unbranched alkanes of at least 4 members (excludes halogenated alkanes) is 2. The second kappa shape index (κ2) is 8.43. The van der Waals surface area contributed by atoms with Gasteiger partial charge in [0.2, 0.25) is 0 Å². The van der Waals surface area contributed by atoms with Crippen molar-refractivity contribution in [3.8, 4) is 0 Å². The lowest BCUT2D eigenvalue weighted by molar-refractivity contribution is 0.168. The normalized spacial score (nSPS) is 13.0. The molecule has 0 heterocycles. The molecule has 0 aromatic carbocycles. The Bertz CT molecular complexity index is 181. The van der Waals surface area contributed by atoms with Crippen molar-refractivity contribution in [1.29, 1.82) is 0 Å². The molecule has 82 valence electrons. The molecule has 0 bridgehead atoms. The molecule has 0 aliphatic carbocycles. The molecule has 4 N–H and O–H groups in total. The van der Waals surface area contributed by atoms with Crippen LogP contribution in [-0.2, 0) is 10.1 Å². The Morgan fingerprint density at radius 2 is 1.77 bits per heavy atom. The van der Waals surface area contributed by atoms with Gasteiger partial charge in [-0.3, -0.25) is 4.55 Å². The molecule has 13 heavy (non-hydrogen) atoms. The van der Waals surface area contributed by atoms with Crippen LogP contribution in [0, 0.1) is 0 Å². The fourth-order valence-corrected chi connectivity index (χ4v) is 0.603. The number of hydrogen-bond acceptors (Lipinski definition) is 4. The van der Waals surface area contributed by atoms with E-state index in [1.165, 1.54) is 12.8 Å². The summed E-state index contributed by atoms with van der Waals surface area (Å²) in [5.41, 5.74) is 5.09. The van der Waals surface area contributed by atoms with Gasteiger partial charge in [0.15, 0.2) is 0 Å². The van der Waals surface area contributed by atoms with Crippen LogP contribution in [-0.4, -0.2) is 30.6 Å². The highest BCUT2D eigenvalue weighted by molar-refractivity contribution is 7.85. The lowest BCUT2D eigenvalue weighted by atomic mass is 10.2. The molecule has 1 atom stereocenters. The summed E-state index contributed by atoms with van der Waals surface area (Å²) in [6, 6.07) is 0. The van der Waals surface area contributed by atoms with E-state index in [1.54, 1.807) is 0 Å². The Balaban J connectivity index is 0. The van der Waals surface area contributed by atoms with Gasteiger partial charge in [-0.1, -0.05) is 19.8 Å². The second-order valence-corrected chi connectivity index (χ2v) is 4.26. The predicted molar refractivity (Wildman–Crippen MR) is 51.8 cm³/mol. The lowest BCUT2D eigenvalue weighted by Gasteiger charge is -2.00. The molecule has 5 nitrogen and oxygen atoms in total. The van der Waals surface area contributed by atoms with Gasteiger partial charge in [0.05, 0.1) is 6.26 Å². The Morgan fingerprint density at radius 3 is 2.00 bits per heavy atom. The first-order valence-electron chi connectivity index (χ1n) is 4.13. The van der Waals surface area contributed by atoms with E-state index in [2.05, 4.69) is 6.92 Å². The molecule has 0 fully saturated rings. The summed E-state index contributed by atoms with van der Waals surface area (Å²) in [5.74, 6) is 0. The van der Waals surface area contributed by atoms with Gasteiger partial charge in [-0.15, -0.1) is 0 Å². The van der Waals surface area contributed by atoms with Crippen molar-refractivity contribution in [2.75, 3.05) is 6.26 Å². The fraction of sp³-hybridized carbons (Fsp3) is 1.00. The minimum Gasteiger partial charge on any atom is -0.379 e. The predicted octanol–water partition coefficient (Wildman–Crippen LogP) is 0.348. The van der Waals surface area contributed by atoms with Crippen LogP contribution in [0.25, 0.3) is 0 Å². The number of rotatable bonds is 4. The zero-order valence-corrected chi connectivity index (χ0v) is 8.92. The summed E-state index contributed by atoms with van der Waals surface area (Å²) in [6.07, 6.45) is 4.28. The topological polar surface area (TPSA) is 101 Å². The summed E-state index contributed by atoms with van der Waals surface area (Å²) in [5, 5.41) is 8.56. The van der Waals surface area contributed by atoms with Gasteiger partial charge in [0.1, 0.15) is 6.23 Å². The first kappa shape index (κ1) is 15.3. The van der Waals surface area contributed by atoms with E-state index in [0.29, 0.717) is 6.26 Å². The monoisotopic (exact) mass is 213 g/mol. The average molecular weight is 213 g/mol. The Morgan fingerprint density at radius 1 is 1.38 bits per heavy atom. The van der Waals surface area contributed by atoms with Crippen molar-refractivity contribution in [3.63, 3.8) is 0 Å². The van der Waals surface area contributed by atoms with Crippen LogP contribution in [0.5, 0.6) is 0 Å². The maximum absolute atomic E-state index is 9.19. The SMILES string of the molecule is CCCCCC(N)O.CS(=O)(=O)O. The lowest BCUT2D eigenvalue weighted by Crippen LogP contribution is -2.17. The Kier molecular flexibility index (Phi) is 9.93. The fourth-order valence-electron chi connectivity index (χ4n) is 0.603. The smallest absolute Gasteiger partial charge is 0.261 e. The minimum absolute atomic E-state index is 0.596. The third kappa shape index (κ3) is 49.0. The molecule has 0 aromatic rings. The van der Waals surface area contributed by atoms with Crippen molar-refractivity contribution < 1.29 is 18.1 Å². The molecule has 0 saturated carbocycles. The van der Waals surface area contributed by atoms with Crippen LogP contribution in [0.4, 0.5) is 0 Å². The van der Waals surface area contributed by atoms with E-state index in [9.17, 15) is 8.42 Å². The molecule has 0 radical (unpaired) electrons. The van der Waals surface area contributed by atoms with Crippen molar-refractivity contribution >= 4 is 10.1 Å². The van der Waals surface area contributed by atoms with Crippen molar-refractivity contribution in [1.82, 2.24) is 0 Å². The van der Waals surface area contributed by atoms with E-state index in [1.807, 2.05) is 0 Å². The molecule has 0 spiro atoms. The molecule has 0 rings (SSSR count). The molecule has 0 aliphatic heterocycles. The number of aliphatic hydroxyl groups is 1. The van der Waals surface area contributed by atoms with Crippen molar-refractivity contribution in [2.45, 2.75) is 38.8 Å². The second-order valence-electron chi connectivity index (χ2n) is 2.80. The van der Waals surface area contributed by atoms with Crippen molar-refractivity contribution in [3.05, 3.63) is 0 Å². The average Bonchev–Trinajstić information content (AvgIpc) is 1.83. The molecule has 0 amide bonds. The highest BCUT2D eigenvalue weighted by Crippen LogP contribution is 1.98. The highest BCUT2D eigenvalue weighted by Gasteiger charge is 1.92. The summed E-state index contributed by atoms with van der Waals surface area (Å²) in [6.45, 7) is 2.13. The van der Waals surface area contributed by atoms with Crippen LogP contribution in [0.1, 0.15) is 32.6 Å². The maximum atomic E-state index is 9.19. The maximum Gasteiger partial charge on any atom is 0.261 e. The number of hydrogen-bond donors (Lipinski definition) is 3. The van der Waals surface area contributed by atoms with Crippen LogP contribution in [0.3, 0.4) is 0 Å². The summed E-state index contributed by atoms with van der Waals surface area (Å²) >= 11 is 0. The van der Waals surface area contributed by atoms with Crippen LogP contribution < -0.4 is 5.73 Å². The van der Waals surface area contributed by atoms with Crippen LogP contribution >= 0.6 is 0 Å². The summed E-state index contributed by atoms with van der Waals surface area (Å²) in [4.78, 5) is 0. The first-order valence-corrected chi connectivity index (χ1v) is 5.98. The quantitative estimate of drug-likeness (QED) is 0.355. The molecule has 0 saturated heterocycles. The van der Waals surface area contributed by atoms with E-state index >= 15 is 0 Å². The minimum atomic E-state index is -3.67. The van der Waals surface area contributed by atoms with E-state index < -0.39 is 16.3 Å². The number of nitrogens with two attached hydrogens (primary N) is 1. The molecule has 0 aliphatic rings. The summed E-state index contributed by atoms with van der Waals surface area (Å²) < 4.78 is 25.9. The van der Waals surface area contributed by atoms with Gasteiger partial charge in [0.25, 0.3) is 10.1 Å². The standard InChI is InChI=1S/C6H15NO.CH4O3S/c1-2-3-4-5-6(7)8;1-5(2,3)4/h6,8H,2-5,7H2,1H3;1H3,(H,2,3,4). The van der Waals surface area contributed by atoms with Crippen LogP contribution in [0.15, 0.2) is 0 Å². The Hall–Kier alpha value is -0.170. The van der Waals surface area contributed by atoms with Gasteiger partial charge in [-0.2, -0.15) is 8.42 Å².